The fraction of sp³-hybridized carbons (Fsp3) is 0.167. The van der Waals surface area contributed by atoms with Crippen LogP contribution in [-0.4, -0.2) is 28.5 Å². The van der Waals surface area contributed by atoms with Crippen molar-refractivity contribution in [3.8, 4) is 39.6 Å². The molecule has 1 aliphatic rings. The van der Waals surface area contributed by atoms with E-state index in [2.05, 4.69) is 10.2 Å². The van der Waals surface area contributed by atoms with Gasteiger partial charge in [0.05, 0.1) is 11.9 Å². The first-order valence-electron chi connectivity index (χ1n) is 7.46. The standard InChI is InChI=1S/C18H16N2O3/c1-11-2-4-15(21)13(8-11)18-14(10-19-20-18)12-3-5-16-17(9-12)23-7-6-22-16/h2-5,8-10,21H,6-7H2,1H3,(H,19,20). The minimum Gasteiger partial charge on any atom is -0.507 e. The van der Waals surface area contributed by atoms with Gasteiger partial charge in [0, 0.05) is 11.1 Å². The second-order valence-corrected chi connectivity index (χ2v) is 5.54. The lowest BCUT2D eigenvalue weighted by molar-refractivity contribution is 0.171. The minimum absolute atomic E-state index is 0.221. The molecule has 0 unspecified atom stereocenters. The summed E-state index contributed by atoms with van der Waals surface area (Å²) in [4.78, 5) is 0. The molecule has 3 aromatic rings. The Morgan fingerprint density at radius 2 is 1.83 bits per heavy atom. The number of nitrogens with zero attached hydrogens (tertiary/aromatic N) is 1. The van der Waals surface area contributed by atoms with Gasteiger partial charge in [-0.1, -0.05) is 17.7 Å². The molecule has 0 aliphatic carbocycles. The molecule has 5 heteroatoms. The molecule has 2 heterocycles. The molecule has 0 spiro atoms. The maximum absolute atomic E-state index is 10.2. The van der Waals surface area contributed by atoms with E-state index < -0.39 is 0 Å². The number of phenols is 1. The molecule has 0 saturated carbocycles. The maximum atomic E-state index is 10.2. The van der Waals surface area contributed by atoms with Crippen molar-refractivity contribution in [2.45, 2.75) is 6.92 Å². The number of hydrogen-bond donors (Lipinski definition) is 2. The third-order valence-corrected chi connectivity index (χ3v) is 3.91. The molecule has 1 aromatic heterocycles. The molecule has 0 atom stereocenters. The Balaban J connectivity index is 1.82. The largest absolute Gasteiger partial charge is 0.507 e. The Hall–Kier alpha value is -2.95. The summed E-state index contributed by atoms with van der Waals surface area (Å²) in [6, 6.07) is 11.3. The number of nitrogens with one attached hydrogen (secondary N) is 1. The van der Waals surface area contributed by atoms with Gasteiger partial charge in [0.2, 0.25) is 0 Å². The third-order valence-electron chi connectivity index (χ3n) is 3.91. The molecule has 2 N–H and O–H groups in total. The highest BCUT2D eigenvalue weighted by molar-refractivity contribution is 5.84. The first kappa shape index (κ1) is 13.7. The summed E-state index contributed by atoms with van der Waals surface area (Å²) in [5, 5.41) is 17.3. The number of H-pyrrole nitrogens is 1. The summed E-state index contributed by atoms with van der Waals surface area (Å²) >= 11 is 0. The highest BCUT2D eigenvalue weighted by atomic mass is 16.6. The van der Waals surface area contributed by atoms with E-state index in [1.807, 2.05) is 37.3 Å². The zero-order valence-corrected chi connectivity index (χ0v) is 12.7. The molecule has 5 nitrogen and oxygen atoms in total. The number of aromatic amines is 1. The van der Waals surface area contributed by atoms with E-state index in [0.29, 0.717) is 13.2 Å². The van der Waals surface area contributed by atoms with Crippen LogP contribution in [-0.2, 0) is 0 Å². The summed E-state index contributed by atoms with van der Waals surface area (Å²) < 4.78 is 11.2. The van der Waals surface area contributed by atoms with Crippen molar-refractivity contribution in [3.63, 3.8) is 0 Å². The van der Waals surface area contributed by atoms with Crippen LogP contribution in [0.25, 0.3) is 22.4 Å². The summed E-state index contributed by atoms with van der Waals surface area (Å²) in [6.45, 7) is 3.11. The summed E-state index contributed by atoms with van der Waals surface area (Å²) in [5.74, 6) is 1.71. The Bertz CT molecular complexity index is 870. The Morgan fingerprint density at radius 3 is 2.70 bits per heavy atom. The van der Waals surface area contributed by atoms with Crippen LogP contribution in [0.5, 0.6) is 17.2 Å². The Kier molecular flexibility index (Phi) is 3.19. The average Bonchev–Trinajstić information content (AvgIpc) is 3.06. The lowest BCUT2D eigenvalue weighted by atomic mass is 9.99. The molecule has 4 rings (SSSR count). The van der Waals surface area contributed by atoms with E-state index in [0.717, 1.165) is 39.4 Å². The van der Waals surface area contributed by atoms with Crippen LogP contribution in [0.15, 0.2) is 42.6 Å². The number of fused-ring (bicyclic) bond motifs is 1. The summed E-state index contributed by atoms with van der Waals surface area (Å²) in [6.07, 6.45) is 1.75. The van der Waals surface area contributed by atoms with Crippen LogP contribution in [0.2, 0.25) is 0 Å². The van der Waals surface area contributed by atoms with Crippen LogP contribution >= 0.6 is 0 Å². The minimum atomic E-state index is 0.221. The molecular formula is C18H16N2O3. The van der Waals surface area contributed by atoms with Gasteiger partial charge in [-0.05, 0) is 36.8 Å². The maximum Gasteiger partial charge on any atom is 0.161 e. The first-order chi connectivity index (χ1) is 11.2. The van der Waals surface area contributed by atoms with E-state index in [1.54, 1.807) is 12.3 Å². The molecule has 23 heavy (non-hydrogen) atoms. The molecule has 0 fully saturated rings. The first-order valence-corrected chi connectivity index (χ1v) is 7.46. The Labute approximate surface area is 133 Å². The van der Waals surface area contributed by atoms with Crippen molar-refractivity contribution in [2.24, 2.45) is 0 Å². The molecule has 2 aromatic carbocycles. The molecule has 116 valence electrons. The van der Waals surface area contributed by atoms with E-state index in [1.165, 1.54) is 0 Å². The lowest BCUT2D eigenvalue weighted by Gasteiger charge is -2.19. The number of ether oxygens (including phenoxy) is 2. The fourth-order valence-corrected chi connectivity index (χ4v) is 2.77. The fourth-order valence-electron chi connectivity index (χ4n) is 2.77. The van der Waals surface area contributed by atoms with Gasteiger partial charge in [-0.2, -0.15) is 5.10 Å². The monoisotopic (exact) mass is 308 g/mol. The Morgan fingerprint density at radius 1 is 1.00 bits per heavy atom. The number of hydrogen-bond acceptors (Lipinski definition) is 4. The molecule has 0 amide bonds. The van der Waals surface area contributed by atoms with Crippen molar-refractivity contribution < 1.29 is 14.6 Å². The molecule has 0 saturated heterocycles. The van der Waals surface area contributed by atoms with Crippen molar-refractivity contribution in [1.82, 2.24) is 10.2 Å². The SMILES string of the molecule is Cc1ccc(O)c(-c2[nH]ncc2-c2ccc3c(c2)OCCO3)c1. The van der Waals surface area contributed by atoms with Gasteiger partial charge >= 0.3 is 0 Å². The van der Waals surface area contributed by atoms with E-state index in [-0.39, 0.29) is 5.75 Å². The number of phenolic OH excluding ortho intramolecular Hbond substituents is 1. The van der Waals surface area contributed by atoms with Gasteiger partial charge in [-0.25, -0.2) is 0 Å². The van der Waals surface area contributed by atoms with E-state index in [4.69, 9.17) is 9.47 Å². The molecule has 1 aliphatic heterocycles. The lowest BCUT2D eigenvalue weighted by Crippen LogP contribution is -2.15. The highest BCUT2D eigenvalue weighted by Gasteiger charge is 2.17. The zero-order chi connectivity index (χ0) is 15.8. The van der Waals surface area contributed by atoms with E-state index >= 15 is 0 Å². The van der Waals surface area contributed by atoms with Crippen LogP contribution in [0.4, 0.5) is 0 Å². The van der Waals surface area contributed by atoms with Gasteiger partial charge in [0.1, 0.15) is 19.0 Å². The summed E-state index contributed by atoms with van der Waals surface area (Å²) in [5.41, 5.74) is 4.44. The van der Waals surface area contributed by atoms with Crippen molar-refractivity contribution >= 4 is 0 Å². The van der Waals surface area contributed by atoms with Gasteiger partial charge in [0.25, 0.3) is 0 Å². The smallest absolute Gasteiger partial charge is 0.161 e. The number of benzene rings is 2. The quantitative estimate of drug-likeness (QED) is 0.760. The summed E-state index contributed by atoms with van der Waals surface area (Å²) in [7, 11) is 0. The van der Waals surface area contributed by atoms with Crippen molar-refractivity contribution in [3.05, 3.63) is 48.2 Å². The zero-order valence-electron chi connectivity index (χ0n) is 12.7. The van der Waals surface area contributed by atoms with Crippen LogP contribution in [0, 0.1) is 6.92 Å². The normalized spacial score (nSPS) is 13.1. The molecular weight excluding hydrogens is 292 g/mol. The van der Waals surface area contributed by atoms with Crippen LogP contribution in [0.3, 0.4) is 0 Å². The van der Waals surface area contributed by atoms with Crippen LogP contribution < -0.4 is 9.47 Å². The van der Waals surface area contributed by atoms with Gasteiger partial charge in [-0.3, -0.25) is 5.10 Å². The van der Waals surface area contributed by atoms with E-state index in [9.17, 15) is 5.11 Å². The second kappa shape index (κ2) is 5.35. The third kappa shape index (κ3) is 2.40. The predicted octanol–water partition coefficient (Wildman–Crippen LogP) is 3.53. The number of aryl methyl sites for hydroxylation is 1. The number of rotatable bonds is 2. The molecule has 0 radical (unpaired) electrons. The highest BCUT2D eigenvalue weighted by Crippen LogP contribution is 2.39. The van der Waals surface area contributed by atoms with Crippen LogP contribution in [0.1, 0.15) is 5.56 Å². The number of aromatic nitrogens is 2. The topological polar surface area (TPSA) is 67.4 Å². The average molecular weight is 308 g/mol. The van der Waals surface area contributed by atoms with Crippen molar-refractivity contribution in [1.29, 1.82) is 0 Å². The number of aromatic hydroxyl groups is 1. The molecule has 0 bridgehead atoms. The van der Waals surface area contributed by atoms with Gasteiger partial charge < -0.3 is 14.6 Å². The predicted molar refractivity (Wildman–Crippen MR) is 86.9 cm³/mol. The van der Waals surface area contributed by atoms with Gasteiger partial charge in [0.15, 0.2) is 11.5 Å². The second-order valence-electron chi connectivity index (χ2n) is 5.54. The van der Waals surface area contributed by atoms with Gasteiger partial charge in [-0.15, -0.1) is 0 Å². The van der Waals surface area contributed by atoms with Crippen molar-refractivity contribution in [2.75, 3.05) is 13.2 Å².